The molecule has 0 saturated carbocycles. The number of halogens is 2. The summed E-state index contributed by atoms with van der Waals surface area (Å²) in [5.74, 6) is 0.365. The van der Waals surface area contributed by atoms with Crippen molar-refractivity contribution < 1.29 is 13.5 Å². The van der Waals surface area contributed by atoms with Crippen LogP contribution in [0.15, 0.2) is 24.3 Å². The Labute approximate surface area is 80.7 Å². The van der Waals surface area contributed by atoms with E-state index < -0.39 is 19.5 Å². The van der Waals surface area contributed by atoms with Crippen LogP contribution in [0.4, 0.5) is 8.78 Å². The summed E-state index contributed by atoms with van der Waals surface area (Å²) in [5.41, 5.74) is 0.481. The number of benzene rings is 1. The van der Waals surface area contributed by atoms with E-state index in [4.69, 9.17) is 10.00 Å². The van der Waals surface area contributed by atoms with Crippen LogP contribution < -0.4 is 4.74 Å². The van der Waals surface area contributed by atoms with Crippen LogP contribution in [0.1, 0.15) is 5.56 Å². The van der Waals surface area contributed by atoms with Crippen molar-refractivity contribution in [3.05, 3.63) is 29.8 Å². The van der Waals surface area contributed by atoms with E-state index in [1.807, 2.05) is 6.07 Å². The van der Waals surface area contributed by atoms with Gasteiger partial charge in [-0.25, -0.2) is 8.78 Å². The highest BCUT2D eigenvalue weighted by Gasteiger charge is 2.08. The molecular weight excluding hydrogens is 188 g/mol. The lowest BCUT2D eigenvalue weighted by atomic mass is 10.2. The zero-order valence-electron chi connectivity index (χ0n) is 7.41. The lowest BCUT2D eigenvalue weighted by Crippen LogP contribution is -2.20. The van der Waals surface area contributed by atoms with Gasteiger partial charge in [-0.05, 0) is 24.3 Å². The Bertz CT molecular complexity index is 314. The molecule has 2 nitrogen and oxygen atoms in total. The average Bonchev–Trinajstić information content (AvgIpc) is 2.26. The molecular formula is C10H9F2NO. The van der Waals surface area contributed by atoms with Crippen LogP contribution in [0.5, 0.6) is 5.75 Å². The van der Waals surface area contributed by atoms with Crippen molar-refractivity contribution in [1.29, 1.82) is 5.26 Å². The summed E-state index contributed by atoms with van der Waals surface area (Å²) in [6.07, 6.45) is -1.05. The molecule has 0 bridgehead atoms. The molecule has 4 heteroatoms. The standard InChI is InChI=1S/C10H9F2NO/c11-5-10(6-12)14-9-3-1-8(7-13)2-4-9/h1-4,10H,5-6H2. The van der Waals surface area contributed by atoms with Gasteiger partial charge in [0.2, 0.25) is 0 Å². The highest BCUT2D eigenvalue weighted by molar-refractivity contribution is 5.34. The summed E-state index contributed by atoms with van der Waals surface area (Å²) >= 11 is 0. The first-order valence-corrected chi connectivity index (χ1v) is 4.09. The van der Waals surface area contributed by atoms with Crippen LogP contribution >= 0.6 is 0 Å². The second kappa shape index (κ2) is 5.18. The van der Waals surface area contributed by atoms with Crippen LogP contribution in [-0.4, -0.2) is 19.5 Å². The van der Waals surface area contributed by atoms with E-state index in [1.165, 1.54) is 24.3 Å². The van der Waals surface area contributed by atoms with Crippen LogP contribution in [0, 0.1) is 11.3 Å². The van der Waals surface area contributed by atoms with Crippen LogP contribution in [0.2, 0.25) is 0 Å². The largest absolute Gasteiger partial charge is 0.485 e. The predicted molar refractivity (Wildman–Crippen MR) is 47.5 cm³/mol. The average molecular weight is 197 g/mol. The van der Waals surface area contributed by atoms with Gasteiger partial charge in [0.15, 0.2) is 6.10 Å². The molecule has 74 valence electrons. The molecule has 0 amide bonds. The molecule has 0 N–H and O–H groups in total. The van der Waals surface area contributed by atoms with E-state index in [9.17, 15) is 8.78 Å². The molecule has 0 radical (unpaired) electrons. The second-order valence-electron chi connectivity index (χ2n) is 2.68. The van der Waals surface area contributed by atoms with Gasteiger partial charge in [0.25, 0.3) is 0 Å². The van der Waals surface area contributed by atoms with Gasteiger partial charge in [-0.2, -0.15) is 5.26 Å². The molecule has 0 aliphatic rings. The number of hydrogen-bond donors (Lipinski definition) is 0. The molecule has 0 aliphatic carbocycles. The lowest BCUT2D eigenvalue weighted by molar-refractivity contribution is 0.133. The number of nitrogens with zero attached hydrogens (tertiary/aromatic N) is 1. The summed E-state index contributed by atoms with van der Waals surface area (Å²) in [5, 5.41) is 8.49. The van der Waals surface area contributed by atoms with Gasteiger partial charge in [0.1, 0.15) is 19.1 Å². The minimum Gasteiger partial charge on any atom is -0.485 e. The van der Waals surface area contributed by atoms with E-state index in [2.05, 4.69) is 0 Å². The number of hydrogen-bond acceptors (Lipinski definition) is 2. The van der Waals surface area contributed by atoms with Gasteiger partial charge in [0.05, 0.1) is 11.6 Å². The van der Waals surface area contributed by atoms with Crippen LogP contribution in [-0.2, 0) is 0 Å². The van der Waals surface area contributed by atoms with Gasteiger partial charge in [-0.15, -0.1) is 0 Å². The Kier molecular flexibility index (Phi) is 3.86. The molecule has 0 spiro atoms. The van der Waals surface area contributed by atoms with Crippen LogP contribution in [0.3, 0.4) is 0 Å². The van der Waals surface area contributed by atoms with Gasteiger partial charge >= 0.3 is 0 Å². The van der Waals surface area contributed by atoms with Crippen molar-refractivity contribution in [2.45, 2.75) is 6.10 Å². The molecule has 0 atom stereocenters. The van der Waals surface area contributed by atoms with E-state index in [0.717, 1.165) is 0 Å². The topological polar surface area (TPSA) is 33.0 Å². The minimum absolute atomic E-state index is 0.365. The highest BCUT2D eigenvalue weighted by atomic mass is 19.1. The molecule has 0 saturated heterocycles. The predicted octanol–water partition coefficient (Wildman–Crippen LogP) is 2.24. The van der Waals surface area contributed by atoms with Crippen molar-refractivity contribution in [3.8, 4) is 11.8 Å². The third kappa shape index (κ3) is 2.70. The molecule has 0 aliphatic heterocycles. The fourth-order valence-electron chi connectivity index (χ4n) is 0.905. The van der Waals surface area contributed by atoms with Gasteiger partial charge in [-0.1, -0.05) is 0 Å². The number of nitriles is 1. The molecule has 1 aromatic carbocycles. The third-order valence-electron chi connectivity index (χ3n) is 1.63. The maximum absolute atomic E-state index is 12.1. The fourth-order valence-corrected chi connectivity index (χ4v) is 0.905. The molecule has 0 unspecified atom stereocenters. The third-order valence-corrected chi connectivity index (χ3v) is 1.63. The van der Waals surface area contributed by atoms with Gasteiger partial charge in [-0.3, -0.25) is 0 Å². The maximum Gasteiger partial charge on any atom is 0.155 e. The van der Waals surface area contributed by atoms with Crippen molar-refractivity contribution in [2.75, 3.05) is 13.3 Å². The number of rotatable bonds is 4. The van der Waals surface area contributed by atoms with E-state index in [1.54, 1.807) is 0 Å². The molecule has 0 fully saturated rings. The first-order chi connectivity index (χ1) is 6.80. The Morgan fingerprint density at radius 2 is 1.79 bits per heavy atom. The Hall–Kier alpha value is -1.63. The fraction of sp³-hybridized carbons (Fsp3) is 0.300. The van der Waals surface area contributed by atoms with E-state index in [0.29, 0.717) is 11.3 Å². The normalized spacial score (nSPS) is 9.86. The molecule has 0 aromatic heterocycles. The monoisotopic (exact) mass is 197 g/mol. The molecule has 0 heterocycles. The smallest absolute Gasteiger partial charge is 0.155 e. The van der Waals surface area contributed by atoms with Crippen molar-refractivity contribution in [2.24, 2.45) is 0 Å². The second-order valence-corrected chi connectivity index (χ2v) is 2.68. The Balaban J connectivity index is 2.64. The lowest BCUT2D eigenvalue weighted by Gasteiger charge is -2.11. The Morgan fingerprint density at radius 1 is 1.21 bits per heavy atom. The van der Waals surface area contributed by atoms with Gasteiger partial charge in [0, 0.05) is 0 Å². The maximum atomic E-state index is 12.1. The first kappa shape index (κ1) is 10.5. The zero-order valence-corrected chi connectivity index (χ0v) is 7.41. The SMILES string of the molecule is N#Cc1ccc(OC(CF)CF)cc1. The highest BCUT2D eigenvalue weighted by Crippen LogP contribution is 2.13. The summed E-state index contributed by atoms with van der Waals surface area (Å²) in [7, 11) is 0. The van der Waals surface area contributed by atoms with Crippen molar-refractivity contribution in [3.63, 3.8) is 0 Å². The summed E-state index contributed by atoms with van der Waals surface area (Å²) in [4.78, 5) is 0. The summed E-state index contributed by atoms with van der Waals surface area (Å²) in [6.45, 7) is -1.73. The van der Waals surface area contributed by atoms with Crippen molar-refractivity contribution in [1.82, 2.24) is 0 Å². The van der Waals surface area contributed by atoms with Crippen LogP contribution in [0.25, 0.3) is 0 Å². The van der Waals surface area contributed by atoms with Gasteiger partial charge < -0.3 is 4.74 Å². The summed E-state index contributed by atoms with van der Waals surface area (Å²) in [6, 6.07) is 8.01. The molecule has 1 aromatic rings. The number of alkyl halides is 2. The van der Waals surface area contributed by atoms with E-state index in [-0.39, 0.29) is 0 Å². The Morgan fingerprint density at radius 3 is 2.21 bits per heavy atom. The molecule has 1 rings (SSSR count). The molecule has 14 heavy (non-hydrogen) atoms. The van der Waals surface area contributed by atoms with Crippen molar-refractivity contribution >= 4 is 0 Å². The quantitative estimate of drug-likeness (QED) is 0.741. The van der Waals surface area contributed by atoms with E-state index >= 15 is 0 Å². The number of ether oxygens (including phenoxy) is 1. The summed E-state index contributed by atoms with van der Waals surface area (Å²) < 4.78 is 29.1. The minimum atomic E-state index is -1.05. The zero-order chi connectivity index (χ0) is 10.4. The first-order valence-electron chi connectivity index (χ1n) is 4.09.